The number of nitriles is 1. The Bertz CT molecular complexity index is 1000. The van der Waals surface area contributed by atoms with E-state index in [-0.39, 0.29) is 25.0 Å². The molecule has 1 amide bonds. The normalized spacial score (nSPS) is 23.5. The van der Waals surface area contributed by atoms with E-state index < -0.39 is 22.7 Å². The summed E-state index contributed by atoms with van der Waals surface area (Å²) in [6.45, 7) is 1.76. The van der Waals surface area contributed by atoms with Crippen LogP contribution in [0.1, 0.15) is 17.5 Å². The lowest BCUT2D eigenvalue weighted by molar-refractivity contribution is -0.138. The van der Waals surface area contributed by atoms with E-state index >= 15 is 0 Å². The Morgan fingerprint density at radius 1 is 1.35 bits per heavy atom. The second-order valence-electron chi connectivity index (χ2n) is 8.23. The van der Waals surface area contributed by atoms with Crippen LogP contribution in [0.25, 0.3) is 0 Å². The number of likely N-dealkylation sites (tertiary alicyclic amines) is 1. The summed E-state index contributed by atoms with van der Waals surface area (Å²) in [6.07, 6.45) is -0.752. The van der Waals surface area contributed by atoms with Crippen LogP contribution in [0.4, 0.5) is 18.9 Å². The molecule has 1 N–H and O–H groups in total. The van der Waals surface area contributed by atoms with Gasteiger partial charge in [-0.15, -0.1) is 0 Å². The van der Waals surface area contributed by atoms with Crippen LogP contribution in [-0.2, 0) is 17.5 Å². The molecule has 2 aliphatic heterocycles. The lowest BCUT2D eigenvalue weighted by Gasteiger charge is -2.42. The Balaban J connectivity index is 1.53. The van der Waals surface area contributed by atoms with E-state index in [1.807, 2.05) is 4.90 Å². The van der Waals surface area contributed by atoms with Crippen molar-refractivity contribution in [1.29, 1.82) is 5.26 Å². The molecule has 2 aromatic rings. The molecule has 1 aromatic heterocycles. The quantitative estimate of drug-likeness (QED) is 0.799. The number of fused-ring (bicyclic) bond motifs is 1. The topological polar surface area (TPSA) is 85.4 Å². The third kappa shape index (κ3) is 3.97. The lowest BCUT2D eigenvalue weighted by atomic mass is 9.73. The third-order valence-corrected chi connectivity index (χ3v) is 6.45. The number of hydrogen-bond donors (Lipinski definition) is 1. The van der Waals surface area contributed by atoms with Gasteiger partial charge in [0.1, 0.15) is 6.54 Å². The van der Waals surface area contributed by atoms with Crippen LogP contribution in [0, 0.1) is 22.7 Å². The number of carbonyl (C=O) groups is 1. The van der Waals surface area contributed by atoms with Gasteiger partial charge in [-0.1, -0.05) is 0 Å². The molecule has 31 heavy (non-hydrogen) atoms. The predicted octanol–water partition coefficient (Wildman–Crippen LogP) is 2.12. The molecular formula is C21H22F3N5O2. The van der Waals surface area contributed by atoms with Gasteiger partial charge in [0.15, 0.2) is 0 Å². The van der Waals surface area contributed by atoms with Gasteiger partial charge in [-0.2, -0.15) is 23.5 Å². The van der Waals surface area contributed by atoms with Gasteiger partial charge < -0.3 is 14.9 Å². The summed E-state index contributed by atoms with van der Waals surface area (Å²) < 4.78 is 41.7. The van der Waals surface area contributed by atoms with Crippen molar-refractivity contribution in [1.82, 2.24) is 14.7 Å². The number of benzene rings is 1. The zero-order valence-corrected chi connectivity index (χ0v) is 16.7. The van der Waals surface area contributed by atoms with Crippen molar-refractivity contribution in [3.05, 3.63) is 47.8 Å². The number of alkyl halides is 3. The number of amides is 1. The second-order valence-corrected chi connectivity index (χ2v) is 8.23. The Hall–Kier alpha value is -3.06. The first-order valence-corrected chi connectivity index (χ1v) is 9.98. The highest BCUT2D eigenvalue weighted by Gasteiger charge is 2.50. The third-order valence-electron chi connectivity index (χ3n) is 6.45. The van der Waals surface area contributed by atoms with Crippen molar-refractivity contribution in [2.24, 2.45) is 11.3 Å². The predicted molar refractivity (Wildman–Crippen MR) is 105 cm³/mol. The minimum absolute atomic E-state index is 0.0715. The molecular weight excluding hydrogens is 411 g/mol. The van der Waals surface area contributed by atoms with Crippen LogP contribution < -0.4 is 4.90 Å². The van der Waals surface area contributed by atoms with E-state index in [2.05, 4.69) is 5.10 Å². The minimum atomic E-state index is -4.63. The van der Waals surface area contributed by atoms with Gasteiger partial charge in [-0.25, -0.2) is 0 Å². The summed E-state index contributed by atoms with van der Waals surface area (Å²) in [4.78, 5) is 16.2. The molecule has 3 heterocycles. The van der Waals surface area contributed by atoms with Crippen LogP contribution in [0.2, 0.25) is 0 Å². The summed E-state index contributed by atoms with van der Waals surface area (Å²) in [5, 5.41) is 23.2. The largest absolute Gasteiger partial charge is 0.417 e. The number of hydrogen-bond acceptors (Lipinski definition) is 5. The van der Waals surface area contributed by atoms with E-state index in [1.165, 1.54) is 12.1 Å². The SMILES string of the molecule is N#Cc1ccc(N2C[C@H]3CN(C(=O)Cn4cccn4)CC[C@@]3(CO)C2)cc1C(F)(F)F. The molecule has 0 bridgehead atoms. The average molecular weight is 433 g/mol. The van der Waals surface area contributed by atoms with E-state index in [0.717, 1.165) is 6.07 Å². The number of rotatable bonds is 4. The fourth-order valence-corrected chi connectivity index (χ4v) is 4.66. The Kier molecular flexibility index (Phi) is 5.39. The summed E-state index contributed by atoms with van der Waals surface area (Å²) >= 11 is 0. The maximum Gasteiger partial charge on any atom is 0.417 e. The van der Waals surface area contributed by atoms with E-state index in [1.54, 1.807) is 34.1 Å². The Morgan fingerprint density at radius 2 is 2.16 bits per heavy atom. The van der Waals surface area contributed by atoms with Crippen molar-refractivity contribution in [3.63, 3.8) is 0 Å². The van der Waals surface area contributed by atoms with Crippen molar-refractivity contribution in [3.8, 4) is 6.07 Å². The molecule has 0 unspecified atom stereocenters. The number of aromatic nitrogens is 2. The first-order chi connectivity index (χ1) is 14.8. The molecule has 1 aromatic carbocycles. The van der Waals surface area contributed by atoms with Gasteiger partial charge in [0.25, 0.3) is 0 Å². The Morgan fingerprint density at radius 3 is 2.81 bits per heavy atom. The van der Waals surface area contributed by atoms with Gasteiger partial charge in [0.05, 0.1) is 23.8 Å². The standard InChI is InChI=1S/C21H22F3N5O2/c22-21(23,24)18-8-17(3-2-15(18)9-25)28-11-16-10-27(7-4-20(16,13-28)14-30)19(31)12-29-6-1-5-26-29/h1-3,5-6,8,16,30H,4,7,10-14H2/t16-,20+/m1/s1. The summed E-state index contributed by atoms with van der Waals surface area (Å²) in [7, 11) is 0. The van der Waals surface area contributed by atoms with E-state index in [9.17, 15) is 23.1 Å². The molecule has 10 heteroatoms. The highest BCUT2D eigenvalue weighted by molar-refractivity contribution is 5.76. The fraction of sp³-hybridized carbons (Fsp3) is 0.476. The molecule has 0 saturated carbocycles. The van der Waals surface area contributed by atoms with Crippen LogP contribution >= 0.6 is 0 Å². The van der Waals surface area contributed by atoms with Gasteiger partial charge in [0, 0.05) is 55.6 Å². The monoisotopic (exact) mass is 433 g/mol. The first-order valence-electron chi connectivity index (χ1n) is 9.98. The van der Waals surface area contributed by atoms with Gasteiger partial charge >= 0.3 is 6.18 Å². The van der Waals surface area contributed by atoms with E-state index in [0.29, 0.717) is 38.3 Å². The molecule has 0 spiro atoms. The molecule has 2 aliphatic rings. The number of carbonyl (C=O) groups excluding carboxylic acids is 1. The molecule has 2 saturated heterocycles. The fourth-order valence-electron chi connectivity index (χ4n) is 4.66. The molecule has 7 nitrogen and oxygen atoms in total. The second kappa shape index (κ2) is 7.89. The van der Waals surface area contributed by atoms with Crippen LogP contribution in [0.15, 0.2) is 36.7 Å². The molecule has 4 rings (SSSR count). The maximum atomic E-state index is 13.4. The van der Waals surface area contributed by atoms with Crippen LogP contribution in [-0.4, -0.2) is 58.5 Å². The highest BCUT2D eigenvalue weighted by atomic mass is 19.4. The lowest BCUT2D eigenvalue weighted by Crippen LogP contribution is -2.51. The van der Waals surface area contributed by atoms with Crippen molar-refractivity contribution < 1.29 is 23.1 Å². The van der Waals surface area contributed by atoms with Gasteiger partial charge in [-0.05, 0) is 30.7 Å². The van der Waals surface area contributed by atoms with Crippen molar-refractivity contribution in [2.75, 3.05) is 37.7 Å². The molecule has 0 radical (unpaired) electrons. The zero-order chi connectivity index (χ0) is 22.2. The van der Waals surface area contributed by atoms with Crippen LogP contribution in [0.5, 0.6) is 0 Å². The maximum absolute atomic E-state index is 13.4. The number of aliphatic hydroxyl groups is 1. The average Bonchev–Trinajstić information content (AvgIpc) is 3.39. The molecule has 164 valence electrons. The van der Waals surface area contributed by atoms with E-state index in [4.69, 9.17) is 5.26 Å². The minimum Gasteiger partial charge on any atom is -0.396 e. The molecule has 2 atom stereocenters. The first kappa shape index (κ1) is 21.2. The summed E-state index contributed by atoms with van der Waals surface area (Å²) in [5.41, 5.74) is -1.49. The number of nitrogens with zero attached hydrogens (tertiary/aromatic N) is 5. The number of halogens is 3. The number of aliphatic hydroxyl groups excluding tert-OH is 1. The van der Waals surface area contributed by atoms with Crippen molar-refractivity contribution >= 4 is 11.6 Å². The summed E-state index contributed by atoms with van der Waals surface area (Å²) in [5.74, 6) is -0.149. The highest BCUT2D eigenvalue weighted by Crippen LogP contribution is 2.45. The van der Waals surface area contributed by atoms with Gasteiger partial charge in [-0.3, -0.25) is 9.48 Å². The van der Waals surface area contributed by atoms with Gasteiger partial charge in [0.2, 0.25) is 5.91 Å². The Labute approximate surface area is 177 Å². The van der Waals surface area contributed by atoms with Crippen LogP contribution in [0.3, 0.4) is 0 Å². The smallest absolute Gasteiger partial charge is 0.396 e. The zero-order valence-electron chi connectivity index (χ0n) is 16.7. The molecule has 0 aliphatic carbocycles. The van der Waals surface area contributed by atoms with Crippen molar-refractivity contribution in [2.45, 2.75) is 19.1 Å². The molecule has 2 fully saturated rings. The number of anilines is 1. The number of piperidine rings is 1. The summed E-state index contributed by atoms with van der Waals surface area (Å²) in [6, 6.07) is 7.03.